The number of rotatable bonds is 4. The molecule has 0 aliphatic heterocycles. The third kappa shape index (κ3) is 2.81. The van der Waals surface area contributed by atoms with E-state index in [2.05, 4.69) is 0 Å². The van der Waals surface area contributed by atoms with Gasteiger partial charge in [0.25, 0.3) is 0 Å². The molecule has 0 saturated heterocycles. The third-order valence-electron chi connectivity index (χ3n) is 5.16. The van der Waals surface area contributed by atoms with Crippen LogP contribution in [0, 0.1) is 5.82 Å². The van der Waals surface area contributed by atoms with Crippen molar-refractivity contribution in [2.75, 3.05) is 0 Å². The number of benzene rings is 3. The second-order valence-electron chi connectivity index (χ2n) is 6.76. The number of carbonyl (C=O) groups excluding carboxylic acids is 1. The summed E-state index contributed by atoms with van der Waals surface area (Å²) in [6, 6.07) is 17.6. The molecular weight excluding hydrogens is 331 g/mol. The van der Waals surface area contributed by atoms with Crippen molar-refractivity contribution in [1.29, 1.82) is 0 Å². The number of ether oxygens (including phenoxy) is 1. The smallest absolute Gasteiger partial charge is 0.165 e. The molecule has 4 heteroatoms. The molecular formula is C22H18FO3-. The Morgan fingerprint density at radius 3 is 2.50 bits per heavy atom. The van der Waals surface area contributed by atoms with Gasteiger partial charge in [-0.3, -0.25) is 0 Å². The van der Waals surface area contributed by atoms with Gasteiger partial charge in [-0.2, -0.15) is 0 Å². The second kappa shape index (κ2) is 6.45. The van der Waals surface area contributed by atoms with Crippen molar-refractivity contribution in [2.45, 2.75) is 31.3 Å². The standard InChI is InChI=1S/C22H19FO3/c23-19-11-10-16(21(24)25)14-20(19)26-22(12-3-4-13-22)18-9-5-7-15-6-1-2-8-17(15)18/h1-2,5-11,14H,3-4,12-13H2,(H,24,25)/p-1. The van der Waals surface area contributed by atoms with E-state index >= 15 is 0 Å². The zero-order valence-electron chi connectivity index (χ0n) is 14.2. The zero-order chi connectivity index (χ0) is 18.1. The highest BCUT2D eigenvalue weighted by Crippen LogP contribution is 2.45. The average Bonchev–Trinajstić information content (AvgIpc) is 3.12. The van der Waals surface area contributed by atoms with Crippen molar-refractivity contribution < 1.29 is 19.0 Å². The van der Waals surface area contributed by atoms with Crippen molar-refractivity contribution in [3.8, 4) is 5.75 Å². The lowest BCUT2D eigenvalue weighted by Gasteiger charge is -2.32. The summed E-state index contributed by atoms with van der Waals surface area (Å²) in [6.07, 6.45) is 3.47. The fraction of sp³-hybridized carbons (Fsp3) is 0.227. The third-order valence-corrected chi connectivity index (χ3v) is 5.16. The molecule has 0 heterocycles. The quantitative estimate of drug-likeness (QED) is 0.710. The first-order chi connectivity index (χ1) is 12.6. The molecule has 0 aromatic heterocycles. The van der Waals surface area contributed by atoms with Crippen LogP contribution in [0.1, 0.15) is 41.6 Å². The molecule has 1 fully saturated rings. The number of hydrogen-bond acceptors (Lipinski definition) is 3. The average molecular weight is 349 g/mol. The summed E-state index contributed by atoms with van der Waals surface area (Å²) >= 11 is 0. The molecule has 26 heavy (non-hydrogen) atoms. The Labute approximate surface area is 151 Å². The van der Waals surface area contributed by atoms with Gasteiger partial charge in [-0.1, -0.05) is 42.5 Å². The Kier molecular flexibility index (Phi) is 4.11. The lowest BCUT2D eigenvalue weighted by atomic mass is 9.87. The van der Waals surface area contributed by atoms with E-state index in [1.165, 1.54) is 12.1 Å². The van der Waals surface area contributed by atoms with E-state index in [9.17, 15) is 14.3 Å². The maximum atomic E-state index is 14.3. The molecule has 0 amide bonds. The van der Waals surface area contributed by atoms with Gasteiger partial charge in [0.05, 0.1) is 5.97 Å². The predicted octanol–water partition coefficient (Wildman–Crippen LogP) is 4.19. The Morgan fingerprint density at radius 1 is 1.00 bits per heavy atom. The topological polar surface area (TPSA) is 49.4 Å². The summed E-state index contributed by atoms with van der Waals surface area (Å²) in [7, 11) is 0. The summed E-state index contributed by atoms with van der Waals surface area (Å²) < 4.78 is 20.6. The van der Waals surface area contributed by atoms with Crippen LogP contribution in [0.4, 0.5) is 4.39 Å². The summed E-state index contributed by atoms with van der Waals surface area (Å²) in [6.45, 7) is 0. The number of carbonyl (C=O) groups is 1. The highest BCUT2D eigenvalue weighted by molar-refractivity contribution is 5.87. The van der Waals surface area contributed by atoms with E-state index in [1.54, 1.807) is 0 Å². The summed E-state index contributed by atoms with van der Waals surface area (Å²) in [5, 5.41) is 13.3. The van der Waals surface area contributed by atoms with Crippen molar-refractivity contribution in [3.05, 3.63) is 77.6 Å². The van der Waals surface area contributed by atoms with Crippen LogP contribution in [-0.4, -0.2) is 5.97 Å². The number of halogens is 1. The first-order valence-corrected chi connectivity index (χ1v) is 8.77. The molecule has 0 N–H and O–H groups in total. The van der Waals surface area contributed by atoms with Crippen LogP contribution in [0.15, 0.2) is 60.7 Å². The number of carboxylic acids is 1. The van der Waals surface area contributed by atoms with Gasteiger partial charge in [-0.05, 0) is 54.7 Å². The van der Waals surface area contributed by atoms with Crippen molar-refractivity contribution in [3.63, 3.8) is 0 Å². The second-order valence-corrected chi connectivity index (χ2v) is 6.76. The SMILES string of the molecule is O=C([O-])c1ccc(F)c(OC2(c3cccc4ccccc34)CCCC2)c1. The number of fused-ring (bicyclic) bond motifs is 1. The largest absolute Gasteiger partial charge is 0.545 e. The van der Waals surface area contributed by atoms with Crippen LogP contribution in [0.5, 0.6) is 5.75 Å². The van der Waals surface area contributed by atoms with Crippen LogP contribution < -0.4 is 9.84 Å². The lowest BCUT2D eigenvalue weighted by molar-refractivity contribution is -0.255. The minimum Gasteiger partial charge on any atom is -0.545 e. The van der Waals surface area contributed by atoms with E-state index < -0.39 is 17.4 Å². The van der Waals surface area contributed by atoms with Crippen LogP contribution in [0.25, 0.3) is 10.8 Å². The van der Waals surface area contributed by atoms with Crippen molar-refractivity contribution in [2.24, 2.45) is 0 Å². The van der Waals surface area contributed by atoms with E-state index in [1.807, 2.05) is 42.5 Å². The summed E-state index contributed by atoms with van der Waals surface area (Å²) in [4.78, 5) is 11.1. The molecule has 0 spiro atoms. The van der Waals surface area contributed by atoms with Gasteiger partial charge >= 0.3 is 0 Å². The highest BCUT2D eigenvalue weighted by atomic mass is 19.1. The molecule has 1 aliphatic carbocycles. The van der Waals surface area contributed by atoms with Gasteiger partial charge in [0, 0.05) is 11.1 Å². The van der Waals surface area contributed by atoms with E-state index in [0.717, 1.165) is 48.1 Å². The Hall–Kier alpha value is -2.88. The van der Waals surface area contributed by atoms with Gasteiger partial charge in [0.1, 0.15) is 5.60 Å². The van der Waals surface area contributed by atoms with E-state index in [4.69, 9.17) is 4.74 Å². The van der Waals surface area contributed by atoms with Crippen LogP contribution >= 0.6 is 0 Å². The lowest BCUT2D eigenvalue weighted by Crippen LogP contribution is -2.30. The Bertz CT molecular complexity index is 969. The fourth-order valence-corrected chi connectivity index (χ4v) is 3.91. The summed E-state index contributed by atoms with van der Waals surface area (Å²) in [5.74, 6) is -1.96. The minimum atomic E-state index is -1.35. The summed E-state index contributed by atoms with van der Waals surface area (Å²) in [5.41, 5.74) is 0.269. The molecule has 132 valence electrons. The number of carboxylic acid groups (broad SMARTS) is 1. The normalized spacial score (nSPS) is 15.9. The molecule has 3 aromatic carbocycles. The van der Waals surface area contributed by atoms with Crippen molar-refractivity contribution in [1.82, 2.24) is 0 Å². The van der Waals surface area contributed by atoms with Crippen LogP contribution in [-0.2, 0) is 5.60 Å². The van der Waals surface area contributed by atoms with Crippen molar-refractivity contribution >= 4 is 16.7 Å². The van der Waals surface area contributed by atoms with Gasteiger partial charge in [-0.25, -0.2) is 4.39 Å². The van der Waals surface area contributed by atoms with Crippen LogP contribution in [0.3, 0.4) is 0 Å². The maximum absolute atomic E-state index is 14.3. The number of aromatic carboxylic acids is 1. The minimum absolute atomic E-state index is 0.0402. The zero-order valence-corrected chi connectivity index (χ0v) is 14.2. The first kappa shape index (κ1) is 16.6. The molecule has 3 aromatic rings. The van der Waals surface area contributed by atoms with Crippen LogP contribution in [0.2, 0.25) is 0 Å². The molecule has 3 nitrogen and oxygen atoms in total. The molecule has 4 rings (SSSR count). The number of hydrogen-bond donors (Lipinski definition) is 0. The molecule has 0 radical (unpaired) electrons. The van der Waals surface area contributed by atoms with Gasteiger partial charge in [0.2, 0.25) is 0 Å². The van der Waals surface area contributed by atoms with E-state index in [0.29, 0.717) is 0 Å². The monoisotopic (exact) mass is 349 g/mol. The van der Waals surface area contributed by atoms with Gasteiger partial charge in [0.15, 0.2) is 11.6 Å². The molecule has 0 unspecified atom stereocenters. The molecule has 0 atom stereocenters. The molecule has 0 bridgehead atoms. The van der Waals surface area contributed by atoms with Gasteiger partial charge < -0.3 is 14.6 Å². The van der Waals surface area contributed by atoms with E-state index in [-0.39, 0.29) is 11.3 Å². The highest BCUT2D eigenvalue weighted by Gasteiger charge is 2.39. The molecule has 1 saturated carbocycles. The maximum Gasteiger partial charge on any atom is 0.165 e. The predicted molar refractivity (Wildman–Crippen MR) is 95.5 cm³/mol. The Balaban J connectivity index is 1.83. The van der Waals surface area contributed by atoms with Gasteiger partial charge in [-0.15, -0.1) is 0 Å². The Morgan fingerprint density at radius 2 is 1.73 bits per heavy atom. The first-order valence-electron chi connectivity index (χ1n) is 8.77. The fourth-order valence-electron chi connectivity index (χ4n) is 3.91. The molecule has 1 aliphatic rings.